The van der Waals surface area contributed by atoms with Crippen LogP contribution in [0.5, 0.6) is 0 Å². The van der Waals surface area contributed by atoms with Gasteiger partial charge < -0.3 is 5.11 Å². The Hall–Kier alpha value is -2.68. The molecule has 0 aliphatic carbocycles. The molecule has 0 fully saturated rings. The normalized spacial score (nSPS) is 11.1. The molecule has 1 aromatic heterocycles. The number of carboxylic acid groups (broad SMARTS) is 1. The third-order valence-corrected chi connectivity index (χ3v) is 4.04. The summed E-state index contributed by atoms with van der Waals surface area (Å²) < 4.78 is 0. The summed E-state index contributed by atoms with van der Waals surface area (Å²) >= 11 is 0. The number of rotatable bonds is 3. The van der Waals surface area contributed by atoms with Crippen LogP contribution in [0, 0.1) is 6.92 Å². The van der Waals surface area contributed by atoms with Gasteiger partial charge in [0.1, 0.15) is 0 Å². The molecule has 0 atom stereocenters. The van der Waals surface area contributed by atoms with Crippen molar-refractivity contribution in [1.29, 1.82) is 0 Å². The van der Waals surface area contributed by atoms with Gasteiger partial charge >= 0.3 is 5.97 Å². The molecule has 23 heavy (non-hydrogen) atoms. The molecule has 0 bridgehead atoms. The van der Waals surface area contributed by atoms with E-state index >= 15 is 0 Å². The van der Waals surface area contributed by atoms with Gasteiger partial charge in [0, 0.05) is 10.9 Å². The molecule has 0 aliphatic heterocycles. The van der Waals surface area contributed by atoms with Gasteiger partial charge in [0.25, 0.3) is 0 Å². The summed E-state index contributed by atoms with van der Waals surface area (Å²) in [6.45, 7) is 6.20. The molecule has 3 nitrogen and oxygen atoms in total. The van der Waals surface area contributed by atoms with E-state index in [-0.39, 0.29) is 5.92 Å². The Kier molecular flexibility index (Phi) is 3.87. The Balaban J connectivity index is 2.36. The van der Waals surface area contributed by atoms with Gasteiger partial charge in [0.15, 0.2) is 0 Å². The van der Waals surface area contributed by atoms with Crippen LogP contribution in [0.4, 0.5) is 0 Å². The summed E-state index contributed by atoms with van der Waals surface area (Å²) in [5.74, 6) is -0.646. The third kappa shape index (κ3) is 2.82. The number of hydrogen-bond donors (Lipinski definition) is 1. The number of aromatic nitrogens is 1. The molecule has 1 heterocycles. The first-order valence-electron chi connectivity index (χ1n) is 7.71. The summed E-state index contributed by atoms with van der Waals surface area (Å²) in [6, 6.07) is 15.4. The van der Waals surface area contributed by atoms with Gasteiger partial charge in [-0.3, -0.25) is 0 Å². The Morgan fingerprint density at radius 2 is 1.83 bits per heavy atom. The minimum Gasteiger partial charge on any atom is -0.478 e. The number of carboxylic acids is 1. The fourth-order valence-electron chi connectivity index (χ4n) is 2.87. The van der Waals surface area contributed by atoms with E-state index in [2.05, 4.69) is 13.8 Å². The Labute approximate surface area is 135 Å². The summed E-state index contributed by atoms with van der Waals surface area (Å²) in [7, 11) is 0. The van der Waals surface area contributed by atoms with Crippen molar-refractivity contribution in [3.63, 3.8) is 0 Å². The number of para-hydroxylation sites is 1. The Bertz CT molecular complexity index is 897. The number of hydrogen-bond acceptors (Lipinski definition) is 2. The second-order valence-corrected chi connectivity index (χ2v) is 6.13. The van der Waals surface area contributed by atoms with Crippen LogP contribution in [0.15, 0.2) is 48.5 Å². The molecule has 0 saturated carbocycles. The molecule has 0 radical (unpaired) electrons. The highest BCUT2D eigenvalue weighted by atomic mass is 16.4. The molecule has 0 unspecified atom stereocenters. The van der Waals surface area contributed by atoms with Gasteiger partial charge in [-0.2, -0.15) is 0 Å². The van der Waals surface area contributed by atoms with Crippen LogP contribution in [0.25, 0.3) is 22.2 Å². The van der Waals surface area contributed by atoms with Gasteiger partial charge in [-0.15, -0.1) is 0 Å². The van der Waals surface area contributed by atoms with Crippen LogP contribution in [0.2, 0.25) is 0 Å². The number of pyridine rings is 1. The summed E-state index contributed by atoms with van der Waals surface area (Å²) in [5, 5.41) is 10.3. The van der Waals surface area contributed by atoms with Crippen molar-refractivity contribution in [2.75, 3.05) is 0 Å². The number of fused-ring (bicyclic) bond motifs is 1. The molecule has 0 amide bonds. The predicted molar refractivity (Wildman–Crippen MR) is 93.0 cm³/mol. The van der Waals surface area contributed by atoms with Crippen LogP contribution in [0.1, 0.15) is 41.3 Å². The van der Waals surface area contributed by atoms with E-state index in [0.717, 1.165) is 22.2 Å². The largest absolute Gasteiger partial charge is 0.478 e. The molecule has 116 valence electrons. The van der Waals surface area contributed by atoms with E-state index in [0.29, 0.717) is 16.6 Å². The zero-order valence-corrected chi connectivity index (χ0v) is 13.5. The van der Waals surface area contributed by atoms with E-state index in [9.17, 15) is 9.90 Å². The molecule has 1 N–H and O–H groups in total. The van der Waals surface area contributed by atoms with Crippen molar-refractivity contribution < 1.29 is 9.90 Å². The van der Waals surface area contributed by atoms with Crippen LogP contribution in [-0.2, 0) is 0 Å². The molecule has 3 rings (SSSR count). The maximum Gasteiger partial charge on any atom is 0.336 e. The van der Waals surface area contributed by atoms with Crippen molar-refractivity contribution in [3.8, 4) is 11.3 Å². The van der Waals surface area contributed by atoms with Crippen LogP contribution >= 0.6 is 0 Å². The molecule has 3 heteroatoms. The topological polar surface area (TPSA) is 50.2 Å². The van der Waals surface area contributed by atoms with Crippen molar-refractivity contribution in [2.24, 2.45) is 0 Å². The van der Waals surface area contributed by atoms with Crippen molar-refractivity contribution in [1.82, 2.24) is 4.98 Å². The number of aromatic carboxylic acids is 1. The number of benzene rings is 2. The van der Waals surface area contributed by atoms with Gasteiger partial charge in [0.05, 0.1) is 16.8 Å². The zero-order valence-electron chi connectivity index (χ0n) is 13.5. The standard InChI is InChI=1S/C20H19NO2/c1-12(2)15-8-5-9-16-17(20(22)23)11-18(21-19(15)16)14-7-4-6-13(3)10-14/h4-12H,1-3H3,(H,22,23). The van der Waals surface area contributed by atoms with E-state index < -0.39 is 5.97 Å². The van der Waals surface area contributed by atoms with Crippen molar-refractivity contribution >= 4 is 16.9 Å². The van der Waals surface area contributed by atoms with Gasteiger partial charge in [0.2, 0.25) is 0 Å². The molecule has 0 saturated heterocycles. The quantitative estimate of drug-likeness (QED) is 0.738. The molecule has 0 spiro atoms. The minimum atomic E-state index is -0.924. The monoisotopic (exact) mass is 305 g/mol. The van der Waals surface area contributed by atoms with Crippen LogP contribution in [0.3, 0.4) is 0 Å². The van der Waals surface area contributed by atoms with Crippen molar-refractivity contribution in [3.05, 3.63) is 65.2 Å². The van der Waals surface area contributed by atoms with Gasteiger partial charge in [-0.05, 0) is 30.5 Å². The summed E-state index contributed by atoms with van der Waals surface area (Å²) in [6.07, 6.45) is 0. The highest BCUT2D eigenvalue weighted by Gasteiger charge is 2.16. The molecule has 3 aromatic rings. The number of carbonyl (C=O) groups is 1. The minimum absolute atomic E-state index is 0.278. The summed E-state index contributed by atoms with van der Waals surface area (Å²) in [4.78, 5) is 16.5. The lowest BCUT2D eigenvalue weighted by Gasteiger charge is -2.13. The van der Waals surface area contributed by atoms with Crippen LogP contribution < -0.4 is 0 Å². The highest BCUT2D eigenvalue weighted by molar-refractivity contribution is 6.04. The van der Waals surface area contributed by atoms with Crippen molar-refractivity contribution in [2.45, 2.75) is 26.7 Å². The molecular formula is C20H19NO2. The van der Waals surface area contributed by atoms with Gasteiger partial charge in [-0.1, -0.05) is 55.8 Å². The SMILES string of the molecule is Cc1cccc(-c2cc(C(=O)O)c3cccc(C(C)C)c3n2)c1. The smallest absolute Gasteiger partial charge is 0.336 e. The van der Waals surface area contributed by atoms with Gasteiger partial charge in [-0.25, -0.2) is 9.78 Å². The van der Waals surface area contributed by atoms with E-state index in [1.807, 2.05) is 49.4 Å². The Morgan fingerprint density at radius 1 is 1.09 bits per heavy atom. The second kappa shape index (κ2) is 5.84. The second-order valence-electron chi connectivity index (χ2n) is 6.13. The maximum atomic E-state index is 11.7. The first-order valence-corrected chi connectivity index (χ1v) is 7.71. The lowest BCUT2D eigenvalue weighted by molar-refractivity contribution is 0.0699. The maximum absolute atomic E-state index is 11.7. The molecular weight excluding hydrogens is 286 g/mol. The first-order chi connectivity index (χ1) is 11.0. The fourth-order valence-corrected chi connectivity index (χ4v) is 2.87. The third-order valence-electron chi connectivity index (χ3n) is 4.04. The lowest BCUT2D eigenvalue weighted by atomic mass is 9.96. The van der Waals surface area contributed by atoms with E-state index in [1.165, 1.54) is 0 Å². The first kappa shape index (κ1) is 15.2. The average molecular weight is 305 g/mol. The van der Waals surface area contributed by atoms with Crippen LogP contribution in [-0.4, -0.2) is 16.1 Å². The average Bonchev–Trinajstić information content (AvgIpc) is 2.52. The zero-order chi connectivity index (χ0) is 16.6. The molecule has 0 aliphatic rings. The lowest BCUT2D eigenvalue weighted by Crippen LogP contribution is -2.02. The fraction of sp³-hybridized carbons (Fsp3) is 0.200. The molecule has 2 aromatic carbocycles. The Morgan fingerprint density at radius 3 is 2.48 bits per heavy atom. The predicted octanol–water partition coefficient (Wildman–Crippen LogP) is 5.03. The number of aryl methyl sites for hydroxylation is 1. The van der Waals surface area contributed by atoms with E-state index in [4.69, 9.17) is 4.98 Å². The summed E-state index contributed by atoms with van der Waals surface area (Å²) in [5.41, 5.74) is 4.91. The highest BCUT2D eigenvalue weighted by Crippen LogP contribution is 2.30. The number of nitrogens with zero attached hydrogens (tertiary/aromatic N) is 1. The van der Waals surface area contributed by atoms with E-state index in [1.54, 1.807) is 6.07 Å².